The highest BCUT2D eigenvalue weighted by Gasteiger charge is 2.17. The normalized spacial score (nSPS) is 15.1. The molecular formula is C9H15N3O2. The SMILES string of the molecule is CNCC(O)C(O)c1cncc(N)c1. The van der Waals surface area contributed by atoms with E-state index in [1.54, 1.807) is 13.1 Å². The summed E-state index contributed by atoms with van der Waals surface area (Å²) < 4.78 is 0. The maximum absolute atomic E-state index is 9.66. The van der Waals surface area contributed by atoms with Crippen molar-refractivity contribution in [1.82, 2.24) is 10.3 Å². The van der Waals surface area contributed by atoms with Gasteiger partial charge in [-0.25, -0.2) is 0 Å². The van der Waals surface area contributed by atoms with Crippen LogP contribution in [0, 0.1) is 0 Å². The Morgan fingerprint density at radius 2 is 2.21 bits per heavy atom. The third-order valence-corrected chi connectivity index (χ3v) is 1.90. The molecule has 0 fully saturated rings. The number of nitrogens with one attached hydrogen (secondary N) is 1. The molecule has 0 radical (unpaired) electrons. The molecule has 78 valence electrons. The summed E-state index contributed by atoms with van der Waals surface area (Å²) in [7, 11) is 1.70. The van der Waals surface area contributed by atoms with Crippen molar-refractivity contribution >= 4 is 5.69 Å². The van der Waals surface area contributed by atoms with Crippen LogP contribution in [-0.4, -0.2) is 34.9 Å². The van der Waals surface area contributed by atoms with Gasteiger partial charge in [0.25, 0.3) is 0 Å². The first-order valence-electron chi connectivity index (χ1n) is 4.36. The molecule has 0 spiro atoms. The van der Waals surface area contributed by atoms with Crippen LogP contribution in [0.1, 0.15) is 11.7 Å². The third-order valence-electron chi connectivity index (χ3n) is 1.90. The lowest BCUT2D eigenvalue weighted by atomic mass is 10.1. The fourth-order valence-electron chi connectivity index (χ4n) is 1.18. The van der Waals surface area contributed by atoms with Gasteiger partial charge >= 0.3 is 0 Å². The molecule has 0 bridgehead atoms. The van der Waals surface area contributed by atoms with Crippen LogP contribution in [0.15, 0.2) is 18.5 Å². The number of aromatic nitrogens is 1. The highest BCUT2D eigenvalue weighted by atomic mass is 16.3. The molecular weight excluding hydrogens is 182 g/mol. The number of likely N-dealkylation sites (N-methyl/N-ethyl adjacent to an activating group) is 1. The van der Waals surface area contributed by atoms with Crippen LogP contribution in [0.25, 0.3) is 0 Å². The summed E-state index contributed by atoms with van der Waals surface area (Å²) in [5, 5.41) is 21.9. The van der Waals surface area contributed by atoms with E-state index in [0.29, 0.717) is 17.8 Å². The van der Waals surface area contributed by atoms with Gasteiger partial charge in [-0.3, -0.25) is 4.98 Å². The van der Waals surface area contributed by atoms with E-state index in [0.717, 1.165) is 0 Å². The van der Waals surface area contributed by atoms with Gasteiger partial charge in [-0.1, -0.05) is 0 Å². The molecule has 1 aromatic rings. The quantitative estimate of drug-likeness (QED) is 0.511. The molecule has 0 aromatic carbocycles. The van der Waals surface area contributed by atoms with Crippen LogP contribution in [0.3, 0.4) is 0 Å². The zero-order chi connectivity index (χ0) is 10.6. The van der Waals surface area contributed by atoms with Crippen LogP contribution >= 0.6 is 0 Å². The molecule has 14 heavy (non-hydrogen) atoms. The lowest BCUT2D eigenvalue weighted by Gasteiger charge is -2.17. The van der Waals surface area contributed by atoms with E-state index < -0.39 is 12.2 Å². The number of nitrogens with zero attached hydrogens (tertiary/aromatic N) is 1. The van der Waals surface area contributed by atoms with Crippen LogP contribution in [0.4, 0.5) is 5.69 Å². The van der Waals surface area contributed by atoms with E-state index >= 15 is 0 Å². The molecule has 0 saturated heterocycles. The van der Waals surface area contributed by atoms with E-state index in [1.165, 1.54) is 12.4 Å². The predicted molar refractivity (Wildman–Crippen MR) is 53.5 cm³/mol. The highest BCUT2D eigenvalue weighted by molar-refractivity contribution is 5.37. The topological polar surface area (TPSA) is 91.4 Å². The van der Waals surface area contributed by atoms with E-state index in [2.05, 4.69) is 10.3 Å². The highest BCUT2D eigenvalue weighted by Crippen LogP contribution is 2.17. The molecule has 1 heterocycles. The molecule has 1 aromatic heterocycles. The molecule has 5 N–H and O–H groups in total. The Balaban J connectivity index is 2.73. The van der Waals surface area contributed by atoms with Gasteiger partial charge in [0, 0.05) is 24.5 Å². The minimum Gasteiger partial charge on any atom is -0.397 e. The monoisotopic (exact) mass is 197 g/mol. The fourth-order valence-corrected chi connectivity index (χ4v) is 1.18. The van der Waals surface area contributed by atoms with E-state index in [1.807, 2.05) is 0 Å². The maximum Gasteiger partial charge on any atom is 0.108 e. The number of nitrogen functional groups attached to an aromatic ring is 1. The summed E-state index contributed by atoms with van der Waals surface area (Å²) in [5.41, 5.74) is 6.49. The van der Waals surface area contributed by atoms with Crippen LogP contribution in [0.2, 0.25) is 0 Å². The second-order valence-electron chi connectivity index (χ2n) is 3.12. The van der Waals surface area contributed by atoms with Crippen molar-refractivity contribution in [3.05, 3.63) is 24.0 Å². The number of hydrogen-bond acceptors (Lipinski definition) is 5. The van der Waals surface area contributed by atoms with E-state index in [4.69, 9.17) is 5.73 Å². The molecule has 2 atom stereocenters. The van der Waals surface area contributed by atoms with E-state index in [9.17, 15) is 10.2 Å². The maximum atomic E-state index is 9.66. The predicted octanol–water partition coefficient (Wildman–Crippen LogP) is -0.723. The van der Waals surface area contributed by atoms with Gasteiger partial charge in [0.2, 0.25) is 0 Å². The Morgan fingerprint density at radius 1 is 1.50 bits per heavy atom. The average molecular weight is 197 g/mol. The summed E-state index contributed by atoms with van der Waals surface area (Å²) in [4.78, 5) is 3.83. The molecule has 0 saturated carbocycles. The molecule has 0 aliphatic heterocycles. The molecule has 0 aliphatic rings. The molecule has 0 amide bonds. The molecule has 1 rings (SSSR count). The Kier molecular flexibility index (Phi) is 3.82. The fraction of sp³-hybridized carbons (Fsp3) is 0.444. The molecule has 5 heteroatoms. The Hall–Kier alpha value is -1.17. The summed E-state index contributed by atoms with van der Waals surface area (Å²) in [6.07, 6.45) is 1.16. The summed E-state index contributed by atoms with van der Waals surface area (Å²) in [6.45, 7) is 0.315. The smallest absolute Gasteiger partial charge is 0.108 e. The molecule has 2 unspecified atom stereocenters. The Labute approximate surface area is 82.6 Å². The first kappa shape index (κ1) is 10.9. The standard InChI is InChI=1S/C9H15N3O2/c1-11-5-8(13)9(14)6-2-7(10)4-12-3-6/h2-4,8-9,11,13-14H,5,10H2,1H3. The van der Waals surface area contributed by atoms with Gasteiger partial charge in [0.05, 0.1) is 11.8 Å². The van der Waals surface area contributed by atoms with Crippen molar-refractivity contribution in [3.63, 3.8) is 0 Å². The first-order valence-corrected chi connectivity index (χ1v) is 4.36. The summed E-state index contributed by atoms with van der Waals surface area (Å²) in [6, 6.07) is 1.59. The molecule has 0 aliphatic carbocycles. The number of anilines is 1. The van der Waals surface area contributed by atoms with Crippen molar-refractivity contribution < 1.29 is 10.2 Å². The van der Waals surface area contributed by atoms with Gasteiger partial charge in [-0.2, -0.15) is 0 Å². The van der Waals surface area contributed by atoms with Gasteiger partial charge in [0.15, 0.2) is 0 Å². The van der Waals surface area contributed by atoms with Gasteiger partial charge in [0.1, 0.15) is 6.10 Å². The number of pyridine rings is 1. The summed E-state index contributed by atoms with van der Waals surface area (Å²) in [5.74, 6) is 0. The second kappa shape index (κ2) is 4.90. The number of hydrogen-bond donors (Lipinski definition) is 4. The van der Waals surface area contributed by atoms with Gasteiger partial charge in [-0.15, -0.1) is 0 Å². The number of aliphatic hydroxyl groups excluding tert-OH is 2. The van der Waals surface area contributed by atoms with Crippen molar-refractivity contribution in [2.24, 2.45) is 0 Å². The minimum absolute atomic E-state index is 0.315. The van der Waals surface area contributed by atoms with Crippen molar-refractivity contribution in [3.8, 4) is 0 Å². The van der Waals surface area contributed by atoms with Gasteiger partial charge in [-0.05, 0) is 13.1 Å². The van der Waals surface area contributed by atoms with Crippen LogP contribution in [0.5, 0.6) is 0 Å². The lowest BCUT2D eigenvalue weighted by molar-refractivity contribution is 0.0201. The van der Waals surface area contributed by atoms with Gasteiger partial charge < -0.3 is 21.3 Å². The first-order chi connectivity index (χ1) is 6.65. The third kappa shape index (κ3) is 2.66. The Morgan fingerprint density at radius 3 is 2.79 bits per heavy atom. The Bertz CT molecular complexity index is 293. The zero-order valence-electron chi connectivity index (χ0n) is 8.01. The lowest BCUT2D eigenvalue weighted by Crippen LogP contribution is -2.29. The van der Waals surface area contributed by atoms with Crippen LogP contribution < -0.4 is 11.1 Å². The van der Waals surface area contributed by atoms with Crippen molar-refractivity contribution in [1.29, 1.82) is 0 Å². The molecule has 5 nitrogen and oxygen atoms in total. The van der Waals surface area contributed by atoms with Crippen molar-refractivity contribution in [2.45, 2.75) is 12.2 Å². The number of rotatable bonds is 4. The second-order valence-corrected chi connectivity index (χ2v) is 3.12. The van der Waals surface area contributed by atoms with E-state index in [-0.39, 0.29) is 0 Å². The minimum atomic E-state index is -0.960. The zero-order valence-corrected chi connectivity index (χ0v) is 8.01. The number of nitrogens with two attached hydrogens (primary N) is 1. The largest absolute Gasteiger partial charge is 0.397 e. The van der Waals surface area contributed by atoms with Crippen LogP contribution in [-0.2, 0) is 0 Å². The average Bonchev–Trinajstić information content (AvgIpc) is 2.17. The summed E-state index contributed by atoms with van der Waals surface area (Å²) >= 11 is 0. The number of aliphatic hydroxyl groups is 2. The van der Waals surface area contributed by atoms with Crippen molar-refractivity contribution in [2.75, 3.05) is 19.3 Å².